The molecule has 4 rings (SSSR count). The minimum atomic E-state index is -0.340. The van der Waals surface area contributed by atoms with Gasteiger partial charge in [0, 0.05) is 38.4 Å². The molecule has 1 saturated heterocycles. The molecule has 166 valence electrons. The van der Waals surface area contributed by atoms with Gasteiger partial charge < -0.3 is 10.2 Å². The molecular weight excluding hydrogens is 395 g/mol. The monoisotopic (exact) mass is 426 g/mol. The summed E-state index contributed by atoms with van der Waals surface area (Å²) >= 11 is 0. The van der Waals surface area contributed by atoms with Crippen LogP contribution in [0.4, 0.5) is 10.1 Å². The average molecular weight is 427 g/mol. The van der Waals surface area contributed by atoms with Crippen molar-refractivity contribution in [2.75, 3.05) is 18.4 Å². The van der Waals surface area contributed by atoms with Crippen LogP contribution < -0.4 is 5.32 Å². The number of anilines is 1. The Labute approximate surface area is 182 Å². The number of rotatable bonds is 6. The molecule has 0 atom stereocenters. The predicted molar refractivity (Wildman–Crippen MR) is 117 cm³/mol. The third-order valence-corrected chi connectivity index (χ3v) is 6.64. The molecule has 0 bridgehead atoms. The fourth-order valence-electron chi connectivity index (χ4n) is 4.86. The minimum Gasteiger partial charge on any atom is -0.343 e. The number of carbonyl (C=O) groups is 2. The van der Waals surface area contributed by atoms with E-state index in [4.69, 9.17) is 0 Å². The standard InChI is InChI=1S/C24H31FN4O2/c1-28-16-21(24(31)26-20-8-6-19(25)7-9-20)22(27-28)14-18-10-12-29(13-11-18)23(30)15-17-4-2-3-5-17/h6-9,16-18H,2-5,10-15H2,1H3,(H,26,31). The summed E-state index contributed by atoms with van der Waals surface area (Å²) in [6, 6.07) is 5.73. The van der Waals surface area contributed by atoms with Gasteiger partial charge in [-0.2, -0.15) is 5.10 Å². The van der Waals surface area contributed by atoms with E-state index in [1.807, 2.05) is 11.9 Å². The van der Waals surface area contributed by atoms with Gasteiger partial charge in [0.2, 0.25) is 5.91 Å². The fourth-order valence-corrected chi connectivity index (χ4v) is 4.86. The van der Waals surface area contributed by atoms with Gasteiger partial charge in [-0.15, -0.1) is 0 Å². The molecule has 6 nitrogen and oxygen atoms in total. The third-order valence-electron chi connectivity index (χ3n) is 6.64. The Kier molecular flexibility index (Phi) is 6.68. The average Bonchev–Trinajstić information content (AvgIpc) is 3.39. The van der Waals surface area contributed by atoms with Gasteiger partial charge in [-0.3, -0.25) is 14.3 Å². The van der Waals surface area contributed by atoms with Gasteiger partial charge in [0.1, 0.15) is 5.82 Å². The maximum atomic E-state index is 13.1. The van der Waals surface area contributed by atoms with Gasteiger partial charge in [-0.25, -0.2) is 4.39 Å². The van der Waals surface area contributed by atoms with E-state index in [0.717, 1.165) is 38.0 Å². The van der Waals surface area contributed by atoms with Crippen molar-refractivity contribution in [3.05, 3.63) is 47.5 Å². The lowest BCUT2D eigenvalue weighted by Crippen LogP contribution is -2.39. The number of amides is 2. The Bertz CT molecular complexity index is 910. The van der Waals surface area contributed by atoms with E-state index >= 15 is 0 Å². The molecule has 2 amide bonds. The number of hydrogen-bond acceptors (Lipinski definition) is 3. The predicted octanol–water partition coefficient (Wildman–Crippen LogP) is 4.17. The van der Waals surface area contributed by atoms with E-state index in [0.29, 0.717) is 35.4 Å². The first-order chi connectivity index (χ1) is 15.0. The summed E-state index contributed by atoms with van der Waals surface area (Å²) in [7, 11) is 1.81. The first-order valence-electron chi connectivity index (χ1n) is 11.3. The molecule has 31 heavy (non-hydrogen) atoms. The number of carbonyl (C=O) groups excluding carboxylic acids is 2. The van der Waals surface area contributed by atoms with Crippen LogP contribution in [-0.2, 0) is 18.3 Å². The Balaban J connectivity index is 1.32. The Morgan fingerprint density at radius 1 is 1.06 bits per heavy atom. The van der Waals surface area contributed by atoms with Crippen molar-refractivity contribution in [2.45, 2.75) is 51.4 Å². The molecule has 1 aliphatic heterocycles. The number of nitrogens with zero attached hydrogens (tertiary/aromatic N) is 3. The summed E-state index contributed by atoms with van der Waals surface area (Å²) in [5.74, 6) is 0.721. The second-order valence-corrected chi connectivity index (χ2v) is 9.01. The number of nitrogens with one attached hydrogen (secondary N) is 1. The first-order valence-corrected chi connectivity index (χ1v) is 11.3. The lowest BCUT2D eigenvalue weighted by Gasteiger charge is -2.32. The first kappa shape index (κ1) is 21.5. The lowest BCUT2D eigenvalue weighted by atomic mass is 9.90. The van der Waals surface area contributed by atoms with Gasteiger partial charge >= 0.3 is 0 Å². The molecule has 2 aromatic rings. The second kappa shape index (κ2) is 9.62. The SMILES string of the molecule is Cn1cc(C(=O)Nc2ccc(F)cc2)c(CC2CCN(C(=O)CC3CCCC3)CC2)n1. The summed E-state index contributed by atoms with van der Waals surface area (Å²) in [6.45, 7) is 1.58. The minimum absolute atomic E-state index is 0.237. The Hall–Kier alpha value is -2.70. The van der Waals surface area contributed by atoms with Gasteiger partial charge in [0.05, 0.1) is 11.3 Å². The summed E-state index contributed by atoms with van der Waals surface area (Å²) in [5, 5.41) is 7.34. The van der Waals surface area contributed by atoms with E-state index in [1.54, 1.807) is 23.0 Å². The molecule has 0 radical (unpaired) electrons. The van der Waals surface area contributed by atoms with Gasteiger partial charge in [0.15, 0.2) is 0 Å². The van der Waals surface area contributed by atoms with Gasteiger partial charge in [0.25, 0.3) is 5.91 Å². The van der Waals surface area contributed by atoms with Crippen molar-refractivity contribution in [3.8, 4) is 0 Å². The molecule has 1 aliphatic carbocycles. The Morgan fingerprint density at radius 3 is 2.42 bits per heavy atom. The molecule has 1 N–H and O–H groups in total. The van der Waals surface area contributed by atoms with E-state index in [-0.39, 0.29) is 11.7 Å². The van der Waals surface area contributed by atoms with E-state index in [9.17, 15) is 14.0 Å². The molecule has 0 spiro atoms. The smallest absolute Gasteiger partial charge is 0.259 e. The van der Waals surface area contributed by atoms with Crippen molar-refractivity contribution in [1.82, 2.24) is 14.7 Å². The number of aryl methyl sites for hydroxylation is 1. The largest absolute Gasteiger partial charge is 0.343 e. The number of piperidine rings is 1. The zero-order chi connectivity index (χ0) is 21.8. The maximum Gasteiger partial charge on any atom is 0.259 e. The van der Waals surface area contributed by atoms with E-state index < -0.39 is 0 Å². The number of hydrogen-bond donors (Lipinski definition) is 1. The van der Waals surface area contributed by atoms with Crippen LogP contribution in [0.1, 0.15) is 61.0 Å². The number of aromatic nitrogens is 2. The van der Waals surface area contributed by atoms with E-state index in [2.05, 4.69) is 10.4 Å². The zero-order valence-corrected chi connectivity index (χ0v) is 18.1. The molecule has 2 aliphatic rings. The molecule has 2 fully saturated rings. The second-order valence-electron chi connectivity index (χ2n) is 9.01. The topological polar surface area (TPSA) is 67.2 Å². The molecule has 1 aromatic carbocycles. The van der Waals surface area contributed by atoms with Crippen LogP contribution in [0.3, 0.4) is 0 Å². The molecule has 1 aromatic heterocycles. The van der Waals surface area contributed by atoms with E-state index in [1.165, 1.54) is 37.8 Å². The summed E-state index contributed by atoms with van der Waals surface area (Å²) in [4.78, 5) is 27.4. The summed E-state index contributed by atoms with van der Waals surface area (Å²) in [6.07, 6.45) is 9.96. The molecule has 7 heteroatoms. The Morgan fingerprint density at radius 2 is 1.74 bits per heavy atom. The van der Waals surface area contributed by atoms with Crippen LogP contribution in [0.5, 0.6) is 0 Å². The number of likely N-dealkylation sites (tertiary alicyclic amines) is 1. The molecular formula is C24H31FN4O2. The molecule has 0 unspecified atom stereocenters. The number of benzene rings is 1. The highest BCUT2D eigenvalue weighted by Gasteiger charge is 2.27. The zero-order valence-electron chi connectivity index (χ0n) is 18.1. The molecule has 2 heterocycles. The van der Waals surface area contributed by atoms with Crippen LogP contribution >= 0.6 is 0 Å². The van der Waals surface area contributed by atoms with Crippen LogP contribution in [0.25, 0.3) is 0 Å². The van der Waals surface area contributed by atoms with Crippen LogP contribution in [-0.4, -0.2) is 39.6 Å². The normalized spacial score (nSPS) is 17.8. The van der Waals surface area contributed by atoms with Gasteiger partial charge in [-0.1, -0.05) is 12.8 Å². The van der Waals surface area contributed by atoms with Crippen molar-refractivity contribution in [1.29, 1.82) is 0 Å². The maximum absolute atomic E-state index is 13.1. The van der Waals surface area contributed by atoms with Crippen LogP contribution in [0.2, 0.25) is 0 Å². The van der Waals surface area contributed by atoms with Crippen molar-refractivity contribution >= 4 is 17.5 Å². The summed E-state index contributed by atoms with van der Waals surface area (Å²) < 4.78 is 14.8. The van der Waals surface area contributed by atoms with Gasteiger partial charge in [-0.05, 0) is 68.2 Å². The van der Waals surface area contributed by atoms with Crippen molar-refractivity contribution < 1.29 is 14.0 Å². The number of halogens is 1. The highest BCUT2D eigenvalue weighted by molar-refractivity contribution is 6.04. The molecule has 1 saturated carbocycles. The third kappa shape index (κ3) is 5.51. The van der Waals surface area contributed by atoms with Crippen molar-refractivity contribution in [3.63, 3.8) is 0 Å². The quantitative estimate of drug-likeness (QED) is 0.754. The van der Waals surface area contributed by atoms with Crippen LogP contribution in [0, 0.1) is 17.7 Å². The van der Waals surface area contributed by atoms with Crippen molar-refractivity contribution in [2.24, 2.45) is 18.9 Å². The van der Waals surface area contributed by atoms with Crippen LogP contribution in [0.15, 0.2) is 30.5 Å². The fraction of sp³-hybridized carbons (Fsp3) is 0.542. The highest BCUT2D eigenvalue weighted by atomic mass is 19.1. The summed E-state index contributed by atoms with van der Waals surface area (Å²) in [5.41, 5.74) is 1.87. The lowest BCUT2D eigenvalue weighted by molar-refractivity contribution is -0.133. The highest BCUT2D eigenvalue weighted by Crippen LogP contribution is 2.29.